The number of fused-ring (bicyclic) bond motifs is 1. The minimum Gasteiger partial charge on any atom is -0.424 e. The van der Waals surface area contributed by atoms with Gasteiger partial charge in [0.1, 0.15) is 11.3 Å². The largest absolute Gasteiger partial charge is 0.424 e. The van der Waals surface area contributed by atoms with Crippen LogP contribution in [0.25, 0.3) is 11.1 Å². The predicted octanol–water partition coefficient (Wildman–Crippen LogP) is 2.62. The molecule has 3 aromatic rings. The predicted molar refractivity (Wildman–Crippen MR) is 97.0 cm³/mol. The molecule has 0 spiro atoms. The third kappa shape index (κ3) is 3.14. The molecule has 4 rings (SSSR count). The number of hydrogen-bond donors (Lipinski definition) is 1. The lowest BCUT2D eigenvalue weighted by Crippen LogP contribution is -2.42. The average Bonchev–Trinajstić information content (AvgIpc) is 3.04. The van der Waals surface area contributed by atoms with Gasteiger partial charge in [-0.1, -0.05) is 0 Å². The van der Waals surface area contributed by atoms with Gasteiger partial charge in [-0.3, -0.25) is 4.79 Å². The number of rotatable bonds is 4. The summed E-state index contributed by atoms with van der Waals surface area (Å²) in [5.74, 6) is 0.170. The second-order valence-electron chi connectivity index (χ2n) is 6.38. The SMILES string of the molecule is CCn1ccnc(N2CCC(Nc3nc4cc(F)ccc4o3)CC2)c1=O. The van der Waals surface area contributed by atoms with Gasteiger partial charge in [0, 0.05) is 44.1 Å². The second-order valence-corrected chi connectivity index (χ2v) is 6.38. The third-order valence-electron chi connectivity index (χ3n) is 4.71. The number of nitrogens with one attached hydrogen (secondary N) is 1. The summed E-state index contributed by atoms with van der Waals surface area (Å²) in [4.78, 5) is 23.0. The van der Waals surface area contributed by atoms with Gasteiger partial charge in [-0.25, -0.2) is 9.37 Å². The van der Waals surface area contributed by atoms with Gasteiger partial charge in [-0.2, -0.15) is 4.98 Å². The fourth-order valence-corrected chi connectivity index (χ4v) is 3.27. The molecule has 7 nitrogen and oxygen atoms in total. The Balaban J connectivity index is 1.42. The van der Waals surface area contributed by atoms with E-state index < -0.39 is 0 Å². The molecule has 1 N–H and O–H groups in total. The first-order chi connectivity index (χ1) is 12.6. The molecule has 0 unspecified atom stereocenters. The van der Waals surface area contributed by atoms with Crippen molar-refractivity contribution >= 4 is 22.9 Å². The number of nitrogens with zero attached hydrogens (tertiary/aromatic N) is 4. The summed E-state index contributed by atoms with van der Waals surface area (Å²) >= 11 is 0. The molecule has 1 aliphatic rings. The standard InChI is InChI=1S/C18H20FN5O2/c1-2-23-10-7-20-16(17(23)25)24-8-5-13(6-9-24)21-18-22-14-11-12(19)3-4-15(14)26-18/h3-4,7,10-11,13H,2,5-6,8-9H2,1H3,(H,21,22). The van der Waals surface area contributed by atoms with E-state index in [1.165, 1.54) is 12.1 Å². The van der Waals surface area contributed by atoms with Crippen LogP contribution in [0, 0.1) is 5.82 Å². The van der Waals surface area contributed by atoms with E-state index in [2.05, 4.69) is 15.3 Å². The van der Waals surface area contributed by atoms with Gasteiger partial charge in [0.15, 0.2) is 11.4 Å². The van der Waals surface area contributed by atoms with Crippen LogP contribution in [0.2, 0.25) is 0 Å². The summed E-state index contributed by atoms with van der Waals surface area (Å²) in [6, 6.07) is 4.86. The van der Waals surface area contributed by atoms with E-state index in [1.54, 1.807) is 23.0 Å². The van der Waals surface area contributed by atoms with Gasteiger partial charge in [-0.05, 0) is 31.9 Å². The van der Waals surface area contributed by atoms with Gasteiger partial charge in [0.05, 0.1) is 0 Å². The van der Waals surface area contributed by atoms with Crippen LogP contribution in [0.4, 0.5) is 16.2 Å². The molecule has 0 bridgehead atoms. The van der Waals surface area contributed by atoms with Crippen molar-refractivity contribution < 1.29 is 8.81 Å². The Bertz CT molecular complexity index is 975. The molecule has 8 heteroatoms. The summed E-state index contributed by atoms with van der Waals surface area (Å²) < 4.78 is 20.5. The molecule has 0 radical (unpaired) electrons. The first-order valence-electron chi connectivity index (χ1n) is 8.77. The normalized spacial score (nSPS) is 15.5. The maximum absolute atomic E-state index is 13.3. The highest BCUT2D eigenvalue weighted by molar-refractivity contribution is 5.74. The number of hydrogen-bond acceptors (Lipinski definition) is 6. The molecule has 0 saturated carbocycles. The fraction of sp³-hybridized carbons (Fsp3) is 0.389. The quantitative estimate of drug-likeness (QED) is 0.774. The van der Waals surface area contributed by atoms with Gasteiger partial charge < -0.3 is 19.2 Å². The van der Waals surface area contributed by atoms with Crippen molar-refractivity contribution in [3.05, 3.63) is 46.8 Å². The van der Waals surface area contributed by atoms with E-state index in [0.717, 1.165) is 25.9 Å². The van der Waals surface area contributed by atoms with Crippen LogP contribution in [-0.2, 0) is 6.54 Å². The molecule has 1 fully saturated rings. The molecular weight excluding hydrogens is 337 g/mol. The van der Waals surface area contributed by atoms with Crippen LogP contribution in [-0.4, -0.2) is 33.7 Å². The first-order valence-corrected chi connectivity index (χ1v) is 8.77. The van der Waals surface area contributed by atoms with Gasteiger partial charge in [0.2, 0.25) is 0 Å². The molecule has 2 aromatic heterocycles. The van der Waals surface area contributed by atoms with Crippen LogP contribution in [0.5, 0.6) is 0 Å². The Morgan fingerprint density at radius 3 is 2.92 bits per heavy atom. The van der Waals surface area contributed by atoms with E-state index in [-0.39, 0.29) is 17.4 Å². The molecule has 3 heterocycles. The van der Waals surface area contributed by atoms with Gasteiger partial charge >= 0.3 is 0 Å². The highest BCUT2D eigenvalue weighted by Crippen LogP contribution is 2.23. The molecule has 1 aliphatic heterocycles. The van der Waals surface area contributed by atoms with Crippen molar-refractivity contribution in [2.75, 3.05) is 23.3 Å². The lowest BCUT2D eigenvalue weighted by atomic mass is 10.1. The molecule has 1 aromatic carbocycles. The number of anilines is 2. The van der Waals surface area contributed by atoms with Crippen molar-refractivity contribution in [3.63, 3.8) is 0 Å². The Kier molecular flexibility index (Phi) is 4.32. The summed E-state index contributed by atoms with van der Waals surface area (Å²) in [7, 11) is 0. The van der Waals surface area contributed by atoms with Gasteiger partial charge in [0.25, 0.3) is 11.6 Å². The number of halogens is 1. The summed E-state index contributed by atoms with van der Waals surface area (Å²) in [5, 5.41) is 3.27. The summed E-state index contributed by atoms with van der Waals surface area (Å²) in [5.41, 5.74) is 1.00. The Morgan fingerprint density at radius 1 is 1.35 bits per heavy atom. The van der Waals surface area contributed by atoms with E-state index in [9.17, 15) is 9.18 Å². The van der Waals surface area contributed by atoms with Gasteiger partial charge in [-0.15, -0.1) is 0 Å². The van der Waals surface area contributed by atoms with Crippen LogP contribution in [0.1, 0.15) is 19.8 Å². The average molecular weight is 357 g/mol. The zero-order chi connectivity index (χ0) is 18.1. The molecular formula is C18H20FN5O2. The van der Waals surface area contributed by atoms with E-state index in [0.29, 0.717) is 29.5 Å². The summed E-state index contributed by atoms with van der Waals surface area (Å²) in [6.07, 6.45) is 5.03. The minimum absolute atomic E-state index is 0.0533. The van der Waals surface area contributed by atoms with E-state index >= 15 is 0 Å². The molecule has 0 amide bonds. The van der Waals surface area contributed by atoms with Crippen molar-refractivity contribution in [3.8, 4) is 0 Å². The monoisotopic (exact) mass is 357 g/mol. The van der Waals surface area contributed by atoms with Crippen molar-refractivity contribution in [1.29, 1.82) is 0 Å². The maximum Gasteiger partial charge on any atom is 0.295 e. The van der Waals surface area contributed by atoms with E-state index in [4.69, 9.17) is 4.42 Å². The molecule has 26 heavy (non-hydrogen) atoms. The smallest absolute Gasteiger partial charge is 0.295 e. The lowest BCUT2D eigenvalue weighted by Gasteiger charge is -2.32. The Labute approximate surface area is 149 Å². The number of aromatic nitrogens is 3. The minimum atomic E-state index is -0.334. The molecule has 0 atom stereocenters. The van der Waals surface area contributed by atoms with Crippen molar-refractivity contribution in [1.82, 2.24) is 14.5 Å². The fourth-order valence-electron chi connectivity index (χ4n) is 3.27. The molecule has 136 valence electrons. The third-order valence-corrected chi connectivity index (χ3v) is 4.71. The lowest BCUT2D eigenvalue weighted by molar-refractivity contribution is 0.500. The number of aryl methyl sites for hydroxylation is 1. The highest BCUT2D eigenvalue weighted by Gasteiger charge is 2.23. The van der Waals surface area contributed by atoms with Crippen LogP contribution in [0.3, 0.4) is 0 Å². The maximum atomic E-state index is 13.3. The number of piperidine rings is 1. The summed E-state index contributed by atoms with van der Waals surface area (Å²) in [6.45, 7) is 4.02. The molecule has 0 aliphatic carbocycles. The number of oxazole rings is 1. The van der Waals surface area contributed by atoms with E-state index in [1.807, 2.05) is 11.8 Å². The van der Waals surface area contributed by atoms with Crippen LogP contribution in [0.15, 0.2) is 39.8 Å². The Morgan fingerprint density at radius 2 is 2.15 bits per heavy atom. The van der Waals surface area contributed by atoms with Crippen molar-refractivity contribution in [2.24, 2.45) is 0 Å². The molecule has 1 saturated heterocycles. The van der Waals surface area contributed by atoms with Crippen LogP contribution < -0.4 is 15.8 Å². The highest BCUT2D eigenvalue weighted by atomic mass is 19.1. The number of benzene rings is 1. The first kappa shape index (κ1) is 16.6. The Hall–Kier alpha value is -2.90. The second kappa shape index (κ2) is 6.78. The zero-order valence-electron chi connectivity index (χ0n) is 14.5. The zero-order valence-corrected chi connectivity index (χ0v) is 14.5. The topological polar surface area (TPSA) is 76.2 Å². The van der Waals surface area contributed by atoms with Crippen LogP contribution >= 0.6 is 0 Å². The van der Waals surface area contributed by atoms with Crippen molar-refractivity contribution in [2.45, 2.75) is 32.4 Å².